The van der Waals surface area contributed by atoms with Gasteiger partial charge in [-0.1, -0.05) is 12.1 Å². The molecule has 10 heteroatoms. The summed E-state index contributed by atoms with van der Waals surface area (Å²) in [7, 11) is 1.95. The molecule has 0 amide bonds. The Morgan fingerprint density at radius 3 is 2.79 bits per heavy atom. The van der Waals surface area contributed by atoms with Crippen LogP contribution in [-0.2, 0) is 18.3 Å². The highest BCUT2D eigenvalue weighted by atomic mass is 127. The summed E-state index contributed by atoms with van der Waals surface area (Å²) in [6, 6.07) is 4.59. The Bertz CT molecular complexity index is 772. The van der Waals surface area contributed by atoms with Crippen molar-refractivity contribution < 1.29 is 4.74 Å². The molecule has 0 saturated carbocycles. The smallest absolute Gasteiger partial charge is 0.192 e. The first kappa shape index (κ1) is 23.8. The first-order chi connectivity index (χ1) is 13.7. The second kappa shape index (κ2) is 12.3. The lowest BCUT2D eigenvalue weighted by atomic mass is 10.2. The molecule has 160 valence electrons. The number of halogens is 1. The van der Waals surface area contributed by atoms with Crippen molar-refractivity contribution >= 4 is 41.3 Å². The standard InChI is InChI=1S/C19H29N7OS.HI/c1-4-7-20-19(22-14-18-24-23-15(2)25(18)3)21-13-16(17-6-5-12-28-17)26-8-10-27-11-9-26;/h4-6,12,16H,1,7-11,13-14H2,2-3H3,(H2,20,21,22);1H. The second-order valence-electron chi connectivity index (χ2n) is 6.62. The third-order valence-corrected chi connectivity index (χ3v) is 5.77. The van der Waals surface area contributed by atoms with Gasteiger partial charge in [-0.2, -0.15) is 0 Å². The molecule has 2 aromatic heterocycles. The Labute approximate surface area is 193 Å². The van der Waals surface area contributed by atoms with E-state index in [1.807, 2.05) is 24.6 Å². The van der Waals surface area contributed by atoms with Gasteiger partial charge in [-0.05, 0) is 18.4 Å². The Kier molecular flexibility index (Phi) is 10.0. The molecule has 3 rings (SSSR count). The lowest BCUT2D eigenvalue weighted by molar-refractivity contribution is 0.0177. The molecule has 0 aromatic carbocycles. The maximum absolute atomic E-state index is 5.53. The van der Waals surface area contributed by atoms with Gasteiger partial charge >= 0.3 is 0 Å². The van der Waals surface area contributed by atoms with Crippen LogP contribution in [-0.4, -0.2) is 65.0 Å². The summed E-state index contributed by atoms with van der Waals surface area (Å²) in [6.45, 7) is 11.0. The SMILES string of the molecule is C=CCNC(=NCc1nnc(C)n1C)NCC(c1cccs1)N1CCOCC1.I. The molecule has 1 atom stereocenters. The van der Waals surface area contributed by atoms with E-state index < -0.39 is 0 Å². The van der Waals surface area contributed by atoms with Crippen LogP contribution in [0.5, 0.6) is 0 Å². The van der Waals surface area contributed by atoms with Gasteiger partial charge in [-0.3, -0.25) is 4.90 Å². The van der Waals surface area contributed by atoms with E-state index in [2.05, 4.69) is 54.8 Å². The number of nitrogens with zero attached hydrogens (tertiary/aromatic N) is 5. The Balaban J connectivity index is 0.00000300. The molecule has 2 N–H and O–H groups in total. The number of aromatic nitrogens is 3. The fourth-order valence-corrected chi connectivity index (χ4v) is 3.92. The topological polar surface area (TPSA) is 79.6 Å². The number of hydrogen-bond acceptors (Lipinski definition) is 6. The molecule has 1 fully saturated rings. The lowest BCUT2D eigenvalue weighted by Crippen LogP contribution is -2.46. The van der Waals surface area contributed by atoms with Gasteiger partial charge in [0.2, 0.25) is 0 Å². The number of rotatable bonds is 8. The third-order valence-electron chi connectivity index (χ3n) is 4.80. The van der Waals surface area contributed by atoms with Crippen molar-refractivity contribution in [3.05, 3.63) is 46.7 Å². The van der Waals surface area contributed by atoms with Gasteiger partial charge in [-0.25, -0.2) is 4.99 Å². The Morgan fingerprint density at radius 1 is 1.38 bits per heavy atom. The minimum absolute atomic E-state index is 0. The second-order valence-corrected chi connectivity index (χ2v) is 7.60. The number of aliphatic imine (C=N–C) groups is 1. The Hall–Kier alpha value is -1.50. The van der Waals surface area contributed by atoms with Crippen LogP contribution in [0.4, 0.5) is 0 Å². The number of aryl methyl sites for hydroxylation is 1. The zero-order chi connectivity index (χ0) is 19.8. The van der Waals surface area contributed by atoms with E-state index in [9.17, 15) is 0 Å². The van der Waals surface area contributed by atoms with Gasteiger partial charge in [-0.15, -0.1) is 52.1 Å². The molecule has 2 aromatic rings. The van der Waals surface area contributed by atoms with Crippen molar-refractivity contribution in [3.8, 4) is 0 Å². The van der Waals surface area contributed by atoms with E-state index in [4.69, 9.17) is 4.74 Å². The molecule has 0 spiro atoms. The monoisotopic (exact) mass is 531 g/mol. The highest BCUT2D eigenvalue weighted by molar-refractivity contribution is 14.0. The zero-order valence-electron chi connectivity index (χ0n) is 17.0. The van der Waals surface area contributed by atoms with Crippen molar-refractivity contribution in [3.63, 3.8) is 0 Å². The summed E-state index contributed by atoms with van der Waals surface area (Å²) in [5.74, 6) is 2.46. The predicted molar refractivity (Wildman–Crippen MR) is 128 cm³/mol. The van der Waals surface area contributed by atoms with E-state index >= 15 is 0 Å². The van der Waals surface area contributed by atoms with Gasteiger partial charge in [0.05, 0.1) is 19.3 Å². The summed E-state index contributed by atoms with van der Waals surface area (Å²) in [4.78, 5) is 8.51. The summed E-state index contributed by atoms with van der Waals surface area (Å²) in [5.41, 5.74) is 0. The number of nitrogens with one attached hydrogen (secondary N) is 2. The summed E-state index contributed by atoms with van der Waals surface area (Å²) in [5, 5.41) is 17.2. The normalized spacial score (nSPS) is 16.1. The molecule has 1 saturated heterocycles. The van der Waals surface area contributed by atoms with Crippen molar-refractivity contribution in [2.45, 2.75) is 19.5 Å². The minimum Gasteiger partial charge on any atom is -0.379 e. The van der Waals surface area contributed by atoms with Gasteiger partial charge in [0.15, 0.2) is 11.8 Å². The first-order valence-corrected chi connectivity index (χ1v) is 10.4. The van der Waals surface area contributed by atoms with Gasteiger partial charge < -0.3 is 19.9 Å². The van der Waals surface area contributed by atoms with Gasteiger partial charge in [0.25, 0.3) is 0 Å². The summed E-state index contributed by atoms with van der Waals surface area (Å²) < 4.78 is 7.48. The summed E-state index contributed by atoms with van der Waals surface area (Å²) >= 11 is 1.79. The number of ether oxygens (including phenoxy) is 1. The van der Waals surface area contributed by atoms with Crippen LogP contribution in [0.3, 0.4) is 0 Å². The van der Waals surface area contributed by atoms with Crippen molar-refractivity contribution in [2.24, 2.45) is 12.0 Å². The minimum atomic E-state index is 0. The van der Waals surface area contributed by atoms with E-state index in [-0.39, 0.29) is 30.0 Å². The number of hydrogen-bond donors (Lipinski definition) is 2. The Morgan fingerprint density at radius 2 is 2.17 bits per heavy atom. The maximum atomic E-state index is 5.53. The first-order valence-electron chi connectivity index (χ1n) is 9.52. The lowest BCUT2D eigenvalue weighted by Gasteiger charge is -2.34. The third kappa shape index (κ3) is 6.76. The molecule has 29 heavy (non-hydrogen) atoms. The van der Waals surface area contributed by atoms with Crippen LogP contribution < -0.4 is 10.6 Å². The average molecular weight is 531 g/mol. The van der Waals surface area contributed by atoms with Crippen LogP contribution in [0.2, 0.25) is 0 Å². The molecule has 0 aliphatic carbocycles. The predicted octanol–water partition coefficient (Wildman–Crippen LogP) is 2.10. The van der Waals surface area contributed by atoms with Crippen molar-refractivity contribution in [1.29, 1.82) is 0 Å². The van der Waals surface area contributed by atoms with E-state index in [1.165, 1.54) is 4.88 Å². The maximum Gasteiger partial charge on any atom is 0.192 e. The molecule has 8 nitrogen and oxygen atoms in total. The fraction of sp³-hybridized carbons (Fsp3) is 0.526. The van der Waals surface area contributed by atoms with E-state index in [1.54, 1.807) is 11.3 Å². The van der Waals surface area contributed by atoms with Crippen LogP contribution >= 0.6 is 35.3 Å². The highest BCUT2D eigenvalue weighted by Gasteiger charge is 2.23. The number of morpholine rings is 1. The van der Waals surface area contributed by atoms with E-state index in [0.717, 1.165) is 50.5 Å². The number of guanidine groups is 1. The molecule has 0 radical (unpaired) electrons. The molecule has 1 aliphatic heterocycles. The van der Waals surface area contributed by atoms with Crippen LogP contribution in [0.1, 0.15) is 22.6 Å². The quantitative estimate of drug-likeness (QED) is 0.235. The highest BCUT2D eigenvalue weighted by Crippen LogP contribution is 2.25. The summed E-state index contributed by atoms with van der Waals surface area (Å²) in [6.07, 6.45) is 1.82. The molecule has 1 aliphatic rings. The average Bonchev–Trinajstić information content (AvgIpc) is 3.36. The fourth-order valence-electron chi connectivity index (χ4n) is 3.05. The van der Waals surface area contributed by atoms with Gasteiger partial charge in [0, 0.05) is 38.1 Å². The molecule has 1 unspecified atom stereocenters. The number of thiophene rings is 1. The van der Waals surface area contributed by atoms with Crippen LogP contribution in [0.15, 0.2) is 35.2 Å². The van der Waals surface area contributed by atoms with E-state index in [0.29, 0.717) is 13.1 Å². The molecule has 3 heterocycles. The van der Waals surface area contributed by atoms with Crippen LogP contribution in [0, 0.1) is 6.92 Å². The molecular formula is C19H30IN7OS. The van der Waals surface area contributed by atoms with Crippen molar-refractivity contribution in [2.75, 3.05) is 39.4 Å². The molecular weight excluding hydrogens is 501 g/mol. The van der Waals surface area contributed by atoms with Crippen molar-refractivity contribution in [1.82, 2.24) is 30.3 Å². The largest absolute Gasteiger partial charge is 0.379 e. The van der Waals surface area contributed by atoms with Gasteiger partial charge in [0.1, 0.15) is 12.4 Å². The molecule has 0 bridgehead atoms. The van der Waals surface area contributed by atoms with Crippen LogP contribution in [0.25, 0.3) is 0 Å². The zero-order valence-corrected chi connectivity index (χ0v) is 20.2.